The minimum absolute atomic E-state index is 0.152. The molecule has 0 bridgehead atoms. The third kappa shape index (κ3) is 3.67. The van der Waals surface area contributed by atoms with Crippen LogP contribution in [0.4, 0.5) is 18.9 Å². The van der Waals surface area contributed by atoms with E-state index in [4.69, 9.17) is 0 Å². The van der Waals surface area contributed by atoms with Crippen LogP contribution in [0.15, 0.2) is 53.2 Å². The molecule has 0 saturated heterocycles. The van der Waals surface area contributed by atoms with Crippen LogP contribution in [0.1, 0.15) is 18.4 Å². The minimum atomic E-state index is -4.48. The van der Waals surface area contributed by atoms with Gasteiger partial charge >= 0.3 is 6.18 Å². The fraction of sp³-hybridized carbons (Fsp3) is 0.235. The summed E-state index contributed by atoms with van der Waals surface area (Å²) in [6.45, 7) is 2.17. The molecule has 2 heterocycles. The van der Waals surface area contributed by atoms with E-state index in [0.29, 0.717) is 12.1 Å². The number of benzene rings is 1. The molecule has 0 saturated carbocycles. The number of H-pyrrole nitrogens is 1. The van der Waals surface area contributed by atoms with E-state index in [1.807, 2.05) is 11.8 Å². The average Bonchev–Trinajstić information content (AvgIpc) is 3.05. The molecule has 0 fully saturated rings. The first-order chi connectivity index (χ1) is 12.1. The summed E-state index contributed by atoms with van der Waals surface area (Å²) in [7, 11) is -3.29. The summed E-state index contributed by atoms with van der Waals surface area (Å²) in [5, 5.41) is 0. The van der Waals surface area contributed by atoms with E-state index in [2.05, 4.69) is 9.97 Å². The molecule has 0 amide bonds. The van der Waals surface area contributed by atoms with Gasteiger partial charge in [-0.2, -0.15) is 13.2 Å². The second-order valence-corrected chi connectivity index (χ2v) is 8.01. The van der Waals surface area contributed by atoms with Crippen molar-refractivity contribution in [1.82, 2.24) is 9.97 Å². The van der Waals surface area contributed by atoms with E-state index in [0.717, 1.165) is 23.8 Å². The molecular formula is C17H16F3N3O2S. The van der Waals surface area contributed by atoms with Crippen LogP contribution in [0.25, 0.3) is 5.57 Å². The summed E-state index contributed by atoms with van der Waals surface area (Å²) in [6.07, 6.45) is 0.915. The molecule has 5 nitrogen and oxygen atoms in total. The molecule has 1 aromatic carbocycles. The summed E-state index contributed by atoms with van der Waals surface area (Å²) < 4.78 is 61.4. The minimum Gasteiger partial charge on any atom is -0.341 e. The van der Waals surface area contributed by atoms with E-state index in [1.54, 1.807) is 24.3 Å². The first-order valence-electron chi connectivity index (χ1n) is 7.63. The van der Waals surface area contributed by atoms with E-state index in [9.17, 15) is 21.6 Å². The van der Waals surface area contributed by atoms with Crippen LogP contribution in [0.3, 0.4) is 0 Å². The number of anilines is 1. The largest absolute Gasteiger partial charge is 0.432 e. The van der Waals surface area contributed by atoms with E-state index in [1.165, 1.54) is 12.1 Å². The van der Waals surface area contributed by atoms with Crippen molar-refractivity contribution in [3.05, 3.63) is 59.8 Å². The van der Waals surface area contributed by atoms with E-state index < -0.39 is 21.7 Å². The number of aromatic amines is 1. The first kappa shape index (κ1) is 18.2. The van der Waals surface area contributed by atoms with Gasteiger partial charge in [0.2, 0.25) is 0 Å². The Hall–Kier alpha value is -2.55. The predicted octanol–water partition coefficient (Wildman–Crippen LogP) is 3.64. The van der Waals surface area contributed by atoms with Crippen molar-refractivity contribution in [3.63, 3.8) is 0 Å². The Morgan fingerprint density at radius 1 is 1.15 bits per heavy atom. The van der Waals surface area contributed by atoms with Crippen LogP contribution in [0, 0.1) is 0 Å². The van der Waals surface area contributed by atoms with Gasteiger partial charge in [0, 0.05) is 23.2 Å². The standard InChI is InChI=1S/C17H16F3N3O2S/c1-11-3-4-12(16-21-9-15(22-16)17(18,19)20)10-23(11)13-5-7-14(8-6-13)26(2,24)25/h3-9H,10H2,1-2H3,(H,21,22). The summed E-state index contributed by atoms with van der Waals surface area (Å²) in [5.74, 6) is 0.152. The molecule has 138 valence electrons. The number of sulfone groups is 1. The maximum atomic E-state index is 12.7. The smallest absolute Gasteiger partial charge is 0.341 e. The van der Waals surface area contributed by atoms with Crippen LogP contribution >= 0.6 is 0 Å². The van der Waals surface area contributed by atoms with Crippen LogP contribution in [-0.2, 0) is 16.0 Å². The summed E-state index contributed by atoms with van der Waals surface area (Å²) in [5.41, 5.74) is 1.31. The van der Waals surface area contributed by atoms with Crippen LogP contribution in [-0.4, -0.2) is 31.2 Å². The molecule has 26 heavy (non-hydrogen) atoms. The number of alkyl halides is 3. The molecule has 1 aromatic heterocycles. The quantitative estimate of drug-likeness (QED) is 0.879. The monoisotopic (exact) mass is 383 g/mol. The van der Waals surface area contributed by atoms with Gasteiger partial charge in [-0.1, -0.05) is 6.08 Å². The Labute approximate surface area is 148 Å². The highest BCUT2D eigenvalue weighted by Gasteiger charge is 2.33. The van der Waals surface area contributed by atoms with Crippen molar-refractivity contribution in [2.45, 2.75) is 18.0 Å². The molecule has 1 N–H and O–H groups in total. The fourth-order valence-corrected chi connectivity index (χ4v) is 3.24. The maximum absolute atomic E-state index is 12.7. The van der Waals surface area contributed by atoms with Gasteiger partial charge in [-0.05, 0) is 37.3 Å². The maximum Gasteiger partial charge on any atom is 0.432 e. The zero-order chi connectivity index (χ0) is 19.1. The molecule has 9 heteroatoms. The Kier molecular flexibility index (Phi) is 4.43. The van der Waals surface area contributed by atoms with E-state index >= 15 is 0 Å². The lowest BCUT2D eigenvalue weighted by Gasteiger charge is -2.29. The van der Waals surface area contributed by atoms with Crippen molar-refractivity contribution < 1.29 is 21.6 Å². The predicted molar refractivity (Wildman–Crippen MR) is 92.2 cm³/mol. The van der Waals surface area contributed by atoms with Crippen molar-refractivity contribution in [1.29, 1.82) is 0 Å². The molecule has 0 unspecified atom stereocenters. The number of rotatable bonds is 3. The highest BCUT2D eigenvalue weighted by atomic mass is 32.2. The second kappa shape index (κ2) is 6.31. The summed E-state index contributed by atoms with van der Waals surface area (Å²) >= 11 is 0. The third-order valence-corrected chi connectivity index (χ3v) is 5.17. The summed E-state index contributed by atoms with van der Waals surface area (Å²) in [4.78, 5) is 8.20. The zero-order valence-electron chi connectivity index (χ0n) is 14.0. The van der Waals surface area contributed by atoms with Gasteiger partial charge in [0.25, 0.3) is 0 Å². The molecule has 3 rings (SSSR count). The molecule has 2 aromatic rings. The second-order valence-electron chi connectivity index (χ2n) is 6.00. The zero-order valence-corrected chi connectivity index (χ0v) is 14.8. The first-order valence-corrected chi connectivity index (χ1v) is 9.52. The number of nitrogens with zero attached hydrogens (tertiary/aromatic N) is 2. The number of allylic oxidation sites excluding steroid dienone is 3. The molecule has 0 aliphatic carbocycles. The number of halogens is 3. The fourth-order valence-electron chi connectivity index (χ4n) is 2.61. The van der Waals surface area contributed by atoms with E-state index in [-0.39, 0.29) is 10.7 Å². The Balaban J connectivity index is 1.87. The van der Waals surface area contributed by atoms with Crippen LogP contribution < -0.4 is 4.90 Å². The Morgan fingerprint density at radius 2 is 1.81 bits per heavy atom. The lowest BCUT2D eigenvalue weighted by molar-refractivity contribution is -0.140. The van der Waals surface area contributed by atoms with Gasteiger partial charge in [0.1, 0.15) is 11.5 Å². The van der Waals surface area contributed by atoms with Crippen molar-refractivity contribution in [3.8, 4) is 0 Å². The number of aromatic nitrogens is 2. The molecular weight excluding hydrogens is 367 g/mol. The van der Waals surface area contributed by atoms with Crippen molar-refractivity contribution >= 4 is 21.1 Å². The van der Waals surface area contributed by atoms with Crippen LogP contribution in [0.2, 0.25) is 0 Å². The van der Waals surface area contributed by atoms with Gasteiger partial charge in [-0.25, -0.2) is 13.4 Å². The van der Waals surface area contributed by atoms with Gasteiger partial charge in [0.15, 0.2) is 9.84 Å². The molecule has 1 aliphatic heterocycles. The highest BCUT2D eigenvalue weighted by molar-refractivity contribution is 7.90. The Morgan fingerprint density at radius 3 is 2.35 bits per heavy atom. The number of nitrogens with one attached hydrogen (secondary N) is 1. The van der Waals surface area contributed by atoms with Gasteiger partial charge < -0.3 is 9.88 Å². The lowest BCUT2D eigenvalue weighted by atomic mass is 10.1. The molecule has 0 radical (unpaired) electrons. The third-order valence-electron chi connectivity index (χ3n) is 4.04. The molecule has 1 aliphatic rings. The molecule has 0 spiro atoms. The number of imidazole rings is 1. The van der Waals surface area contributed by atoms with Gasteiger partial charge in [-0.3, -0.25) is 0 Å². The lowest BCUT2D eigenvalue weighted by Crippen LogP contribution is -2.25. The Bertz CT molecular complexity index is 987. The molecule has 0 atom stereocenters. The normalized spacial score (nSPS) is 15.7. The average molecular weight is 383 g/mol. The van der Waals surface area contributed by atoms with Crippen LogP contribution in [0.5, 0.6) is 0 Å². The highest BCUT2D eigenvalue weighted by Crippen LogP contribution is 2.31. The van der Waals surface area contributed by atoms with Crippen molar-refractivity contribution in [2.24, 2.45) is 0 Å². The van der Waals surface area contributed by atoms with Crippen molar-refractivity contribution in [2.75, 3.05) is 17.7 Å². The van der Waals surface area contributed by atoms with Gasteiger partial charge in [0.05, 0.1) is 17.6 Å². The van der Waals surface area contributed by atoms with Gasteiger partial charge in [-0.15, -0.1) is 0 Å². The summed E-state index contributed by atoms with van der Waals surface area (Å²) in [6, 6.07) is 6.34. The number of hydrogen-bond acceptors (Lipinski definition) is 4. The SMILES string of the molecule is CC1=CC=C(c2ncc(C(F)(F)F)[nH]2)CN1c1ccc(S(C)(=O)=O)cc1. The topological polar surface area (TPSA) is 66.1 Å². The number of hydrogen-bond donors (Lipinski definition) is 1.